The van der Waals surface area contributed by atoms with Gasteiger partial charge in [-0.1, -0.05) is 43.2 Å². The van der Waals surface area contributed by atoms with Crippen molar-refractivity contribution in [2.75, 3.05) is 0 Å². The topological polar surface area (TPSA) is 46.2 Å². The average molecular weight is 219 g/mol. The largest absolute Gasteiger partial charge is 0.388 e. The molecule has 3 N–H and O–H groups in total. The molecular formula is C14H21NO. The molecule has 0 bridgehead atoms. The fraction of sp³-hybridized carbons (Fsp3) is 0.571. The molecule has 0 amide bonds. The summed E-state index contributed by atoms with van der Waals surface area (Å²) < 4.78 is 0. The molecule has 1 saturated carbocycles. The second-order valence-corrected chi connectivity index (χ2v) is 4.99. The highest BCUT2D eigenvalue weighted by molar-refractivity contribution is 5.24. The quantitative estimate of drug-likeness (QED) is 0.802. The molecule has 0 radical (unpaired) electrons. The zero-order valence-corrected chi connectivity index (χ0v) is 9.89. The van der Waals surface area contributed by atoms with Crippen molar-refractivity contribution in [3.63, 3.8) is 0 Å². The van der Waals surface area contributed by atoms with Gasteiger partial charge in [0.05, 0.1) is 5.60 Å². The summed E-state index contributed by atoms with van der Waals surface area (Å²) in [5.41, 5.74) is 6.48. The maximum atomic E-state index is 10.7. The van der Waals surface area contributed by atoms with E-state index in [9.17, 15) is 5.11 Å². The minimum atomic E-state index is -0.723. The van der Waals surface area contributed by atoms with Crippen LogP contribution in [0.4, 0.5) is 0 Å². The molecule has 0 aromatic heterocycles. The highest BCUT2D eigenvalue weighted by atomic mass is 16.3. The molecule has 2 heteroatoms. The van der Waals surface area contributed by atoms with Crippen LogP contribution in [0.2, 0.25) is 0 Å². The van der Waals surface area contributed by atoms with Crippen molar-refractivity contribution < 1.29 is 5.11 Å². The van der Waals surface area contributed by atoms with Crippen molar-refractivity contribution in [2.24, 2.45) is 5.73 Å². The number of aliphatic hydroxyl groups is 1. The summed E-state index contributed by atoms with van der Waals surface area (Å²) >= 11 is 0. The minimum absolute atomic E-state index is 0.169. The molecule has 16 heavy (non-hydrogen) atoms. The molecule has 3 unspecified atom stereocenters. The first-order valence-electron chi connectivity index (χ1n) is 6.17. The molecule has 2 nitrogen and oxygen atoms in total. The van der Waals surface area contributed by atoms with Crippen LogP contribution in [-0.2, 0) is 0 Å². The zero-order chi connectivity index (χ0) is 11.6. The Morgan fingerprint density at radius 2 is 2.00 bits per heavy atom. The Labute approximate surface area is 97.5 Å². The van der Waals surface area contributed by atoms with Gasteiger partial charge in [-0.15, -0.1) is 0 Å². The highest BCUT2D eigenvalue weighted by Gasteiger charge is 2.42. The molecule has 3 atom stereocenters. The summed E-state index contributed by atoms with van der Waals surface area (Å²) in [6.45, 7) is 1.92. The van der Waals surface area contributed by atoms with Gasteiger partial charge < -0.3 is 10.8 Å². The summed E-state index contributed by atoms with van der Waals surface area (Å²) in [6.07, 6.45) is 4.14. The molecule has 0 aliphatic heterocycles. The number of nitrogens with two attached hydrogens (primary N) is 1. The number of rotatable bonds is 2. The molecule has 1 aliphatic rings. The van der Waals surface area contributed by atoms with Gasteiger partial charge >= 0.3 is 0 Å². The fourth-order valence-electron chi connectivity index (χ4n) is 2.87. The van der Waals surface area contributed by atoms with Crippen LogP contribution in [-0.4, -0.2) is 16.7 Å². The Bertz CT molecular complexity index is 336. The Morgan fingerprint density at radius 1 is 1.31 bits per heavy atom. The minimum Gasteiger partial charge on any atom is -0.388 e. The van der Waals surface area contributed by atoms with Gasteiger partial charge in [-0.3, -0.25) is 0 Å². The van der Waals surface area contributed by atoms with Gasteiger partial charge in [-0.2, -0.15) is 0 Å². The van der Waals surface area contributed by atoms with Crippen LogP contribution in [0.5, 0.6) is 0 Å². The van der Waals surface area contributed by atoms with E-state index in [1.807, 2.05) is 25.1 Å². The number of benzene rings is 1. The Balaban J connectivity index is 2.30. The van der Waals surface area contributed by atoms with Gasteiger partial charge in [0, 0.05) is 12.0 Å². The molecule has 1 aliphatic carbocycles. The van der Waals surface area contributed by atoms with E-state index in [2.05, 4.69) is 12.1 Å². The predicted octanol–water partition coefficient (Wildman–Crippen LogP) is 2.42. The van der Waals surface area contributed by atoms with Gasteiger partial charge in [0.2, 0.25) is 0 Å². The van der Waals surface area contributed by atoms with Crippen LogP contribution in [0.1, 0.15) is 44.1 Å². The average Bonchev–Trinajstić information content (AvgIpc) is 2.30. The SMILES string of the molecule is CC(N)C1(O)CCCCC1c1ccccc1. The third kappa shape index (κ3) is 2.00. The number of hydrogen-bond acceptors (Lipinski definition) is 2. The van der Waals surface area contributed by atoms with Gasteiger partial charge in [-0.05, 0) is 25.3 Å². The first-order chi connectivity index (χ1) is 7.64. The van der Waals surface area contributed by atoms with Gasteiger partial charge in [0.15, 0.2) is 0 Å². The van der Waals surface area contributed by atoms with Crippen LogP contribution >= 0.6 is 0 Å². The van der Waals surface area contributed by atoms with Crippen LogP contribution < -0.4 is 5.73 Å². The molecule has 2 rings (SSSR count). The fourth-order valence-corrected chi connectivity index (χ4v) is 2.87. The predicted molar refractivity (Wildman–Crippen MR) is 66.3 cm³/mol. The second kappa shape index (κ2) is 4.56. The lowest BCUT2D eigenvalue weighted by Gasteiger charge is -2.43. The third-order valence-corrected chi connectivity index (χ3v) is 3.91. The maximum absolute atomic E-state index is 10.7. The Kier molecular flexibility index (Phi) is 3.31. The second-order valence-electron chi connectivity index (χ2n) is 4.99. The molecule has 1 aromatic carbocycles. The van der Waals surface area contributed by atoms with Crippen LogP contribution in [0.25, 0.3) is 0 Å². The van der Waals surface area contributed by atoms with E-state index in [1.165, 1.54) is 12.0 Å². The van der Waals surface area contributed by atoms with Crippen LogP contribution in [0.3, 0.4) is 0 Å². The van der Waals surface area contributed by atoms with Crippen molar-refractivity contribution in [3.8, 4) is 0 Å². The van der Waals surface area contributed by atoms with E-state index in [0.717, 1.165) is 19.3 Å². The van der Waals surface area contributed by atoms with Crippen molar-refractivity contribution in [1.29, 1.82) is 0 Å². The molecular weight excluding hydrogens is 198 g/mol. The molecule has 1 aromatic rings. The Hall–Kier alpha value is -0.860. The Morgan fingerprint density at radius 3 is 2.62 bits per heavy atom. The van der Waals surface area contributed by atoms with Crippen molar-refractivity contribution >= 4 is 0 Å². The van der Waals surface area contributed by atoms with E-state index in [1.54, 1.807) is 0 Å². The van der Waals surface area contributed by atoms with Gasteiger partial charge in [-0.25, -0.2) is 0 Å². The summed E-state index contributed by atoms with van der Waals surface area (Å²) in [7, 11) is 0. The first kappa shape index (κ1) is 11.6. The van der Waals surface area contributed by atoms with Gasteiger partial charge in [0.1, 0.15) is 0 Å². The molecule has 0 saturated heterocycles. The van der Waals surface area contributed by atoms with Crippen molar-refractivity contribution in [2.45, 2.75) is 50.2 Å². The molecule has 0 spiro atoms. The first-order valence-corrected chi connectivity index (χ1v) is 6.17. The lowest BCUT2D eigenvalue weighted by atomic mass is 9.69. The lowest BCUT2D eigenvalue weighted by molar-refractivity contribution is -0.0345. The summed E-state index contributed by atoms with van der Waals surface area (Å²) in [5, 5.41) is 10.7. The number of hydrogen-bond donors (Lipinski definition) is 2. The van der Waals surface area contributed by atoms with Crippen LogP contribution in [0.15, 0.2) is 30.3 Å². The standard InChI is InChI=1S/C14H21NO/c1-11(15)14(16)10-6-5-9-13(14)12-7-3-2-4-8-12/h2-4,7-8,11,13,16H,5-6,9-10,15H2,1H3. The molecule has 1 fully saturated rings. The zero-order valence-electron chi connectivity index (χ0n) is 9.89. The van der Waals surface area contributed by atoms with E-state index >= 15 is 0 Å². The highest BCUT2D eigenvalue weighted by Crippen LogP contribution is 2.42. The summed E-state index contributed by atoms with van der Waals surface area (Å²) in [4.78, 5) is 0. The molecule has 0 heterocycles. The van der Waals surface area contributed by atoms with Crippen LogP contribution in [0, 0.1) is 0 Å². The molecule has 88 valence electrons. The summed E-state index contributed by atoms with van der Waals surface area (Å²) in [5.74, 6) is 0.197. The normalized spacial score (nSPS) is 32.3. The lowest BCUT2D eigenvalue weighted by Crippen LogP contribution is -2.52. The monoisotopic (exact) mass is 219 g/mol. The van der Waals surface area contributed by atoms with E-state index in [0.29, 0.717) is 0 Å². The van der Waals surface area contributed by atoms with Crippen molar-refractivity contribution in [3.05, 3.63) is 35.9 Å². The third-order valence-electron chi connectivity index (χ3n) is 3.91. The van der Waals surface area contributed by atoms with E-state index in [-0.39, 0.29) is 12.0 Å². The van der Waals surface area contributed by atoms with E-state index < -0.39 is 5.60 Å². The van der Waals surface area contributed by atoms with E-state index in [4.69, 9.17) is 5.73 Å². The van der Waals surface area contributed by atoms with Gasteiger partial charge in [0.25, 0.3) is 0 Å². The smallest absolute Gasteiger partial charge is 0.0863 e. The maximum Gasteiger partial charge on any atom is 0.0863 e. The van der Waals surface area contributed by atoms with Crippen molar-refractivity contribution in [1.82, 2.24) is 0 Å². The summed E-state index contributed by atoms with van der Waals surface area (Å²) in [6, 6.07) is 10.1.